The Morgan fingerprint density at radius 1 is 0.882 bits per heavy atom. The molecular weight excluding hydrogens is 434 g/mol. The number of carbonyl (C=O) groups is 2. The molecule has 0 atom stereocenters. The van der Waals surface area contributed by atoms with Crippen LogP contribution in [0.4, 0.5) is 5.69 Å². The molecule has 2 aromatic rings. The quantitative estimate of drug-likeness (QED) is 0.541. The Hall–Kier alpha value is -3.36. The molecule has 0 unspecified atom stereocenters. The van der Waals surface area contributed by atoms with Crippen molar-refractivity contribution < 1.29 is 23.8 Å². The number of amides is 2. The number of anilines is 1. The molecule has 2 aromatic carbocycles. The monoisotopic (exact) mass is 465 g/mol. The molecule has 0 aromatic heterocycles. The number of hydrogen-bond acceptors (Lipinski definition) is 7. The van der Waals surface area contributed by atoms with Gasteiger partial charge in [0.2, 0.25) is 0 Å². The van der Waals surface area contributed by atoms with Crippen LogP contribution in [0.2, 0.25) is 0 Å². The van der Waals surface area contributed by atoms with Crippen LogP contribution in [0.15, 0.2) is 54.2 Å². The number of para-hydroxylation sites is 2. The van der Waals surface area contributed by atoms with Gasteiger partial charge in [0, 0.05) is 26.2 Å². The number of nitrogens with one attached hydrogen (secondary N) is 1. The third kappa shape index (κ3) is 5.24. The summed E-state index contributed by atoms with van der Waals surface area (Å²) in [6, 6.07) is 14.6. The first-order chi connectivity index (χ1) is 16.6. The van der Waals surface area contributed by atoms with E-state index in [-0.39, 0.29) is 17.5 Å². The first-order valence-corrected chi connectivity index (χ1v) is 11.7. The number of rotatable bonds is 10. The molecule has 0 aliphatic carbocycles. The topological polar surface area (TPSA) is 80.3 Å². The van der Waals surface area contributed by atoms with E-state index in [0.717, 1.165) is 13.1 Å². The molecule has 1 N–H and O–H groups in total. The number of imide groups is 1. The smallest absolute Gasteiger partial charge is 0.278 e. The first-order valence-electron chi connectivity index (χ1n) is 11.7. The van der Waals surface area contributed by atoms with Crippen LogP contribution in [0, 0.1) is 0 Å². The van der Waals surface area contributed by atoms with Gasteiger partial charge in [0.1, 0.15) is 17.2 Å². The van der Waals surface area contributed by atoms with Crippen LogP contribution < -0.4 is 14.8 Å². The molecule has 180 valence electrons. The van der Waals surface area contributed by atoms with Gasteiger partial charge in [0.15, 0.2) is 0 Å². The van der Waals surface area contributed by atoms with Crippen LogP contribution in [-0.2, 0) is 14.3 Å². The summed E-state index contributed by atoms with van der Waals surface area (Å²) in [7, 11) is 0. The van der Waals surface area contributed by atoms with Crippen molar-refractivity contribution in [3.8, 4) is 11.5 Å². The highest BCUT2D eigenvalue weighted by molar-refractivity contribution is 6.36. The van der Waals surface area contributed by atoms with Crippen LogP contribution >= 0.6 is 0 Å². The zero-order chi connectivity index (χ0) is 23.9. The van der Waals surface area contributed by atoms with Gasteiger partial charge in [-0.1, -0.05) is 24.3 Å². The first kappa shape index (κ1) is 23.8. The largest absolute Gasteiger partial charge is 0.494 e. The molecule has 0 spiro atoms. The van der Waals surface area contributed by atoms with Crippen LogP contribution in [0.3, 0.4) is 0 Å². The number of ether oxygens (including phenoxy) is 3. The van der Waals surface area contributed by atoms with E-state index in [0.29, 0.717) is 67.8 Å². The number of morpholine rings is 1. The number of carbonyl (C=O) groups excluding carboxylic acids is 2. The molecule has 1 fully saturated rings. The summed E-state index contributed by atoms with van der Waals surface area (Å²) in [5.41, 5.74) is 1.90. The SMILES string of the molecule is CCOc1ccc(C2=C(Nc3ccccc3OCC)C(=O)N(CCN3CCOCC3)C2=O)cc1. The second-order valence-electron chi connectivity index (χ2n) is 7.98. The molecule has 0 bridgehead atoms. The van der Waals surface area contributed by atoms with Gasteiger partial charge in [-0.15, -0.1) is 0 Å². The van der Waals surface area contributed by atoms with Gasteiger partial charge in [0.05, 0.1) is 37.7 Å². The van der Waals surface area contributed by atoms with Crippen molar-refractivity contribution in [3.05, 3.63) is 59.8 Å². The van der Waals surface area contributed by atoms with Crippen LogP contribution in [-0.4, -0.2) is 74.2 Å². The summed E-state index contributed by atoms with van der Waals surface area (Å²) in [5.74, 6) is 0.687. The van der Waals surface area contributed by atoms with Crippen molar-refractivity contribution in [3.63, 3.8) is 0 Å². The highest BCUT2D eigenvalue weighted by Gasteiger charge is 2.39. The lowest BCUT2D eigenvalue weighted by atomic mass is 10.0. The molecule has 8 heteroatoms. The zero-order valence-corrected chi connectivity index (χ0v) is 19.7. The van der Waals surface area contributed by atoms with Crippen molar-refractivity contribution >= 4 is 23.1 Å². The molecule has 0 radical (unpaired) electrons. The Morgan fingerprint density at radius 3 is 2.29 bits per heavy atom. The number of benzene rings is 2. The molecule has 2 aliphatic heterocycles. The average molecular weight is 466 g/mol. The Kier molecular flexibility index (Phi) is 7.82. The van der Waals surface area contributed by atoms with E-state index in [2.05, 4.69) is 10.2 Å². The van der Waals surface area contributed by atoms with E-state index in [9.17, 15) is 9.59 Å². The summed E-state index contributed by atoms with van der Waals surface area (Å²) in [5, 5.41) is 3.21. The summed E-state index contributed by atoms with van der Waals surface area (Å²) in [4.78, 5) is 30.5. The predicted octanol–water partition coefficient (Wildman–Crippen LogP) is 3.01. The maximum Gasteiger partial charge on any atom is 0.278 e. The fourth-order valence-corrected chi connectivity index (χ4v) is 4.10. The van der Waals surface area contributed by atoms with E-state index in [1.54, 1.807) is 0 Å². The van der Waals surface area contributed by atoms with E-state index >= 15 is 0 Å². The third-order valence-electron chi connectivity index (χ3n) is 5.81. The van der Waals surface area contributed by atoms with Crippen LogP contribution in [0.5, 0.6) is 11.5 Å². The van der Waals surface area contributed by atoms with Crippen molar-refractivity contribution in [2.24, 2.45) is 0 Å². The molecule has 2 amide bonds. The molecule has 1 saturated heterocycles. The van der Waals surface area contributed by atoms with Crippen LogP contribution in [0.25, 0.3) is 5.57 Å². The third-order valence-corrected chi connectivity index (χ3v) is 5.81. The van der Waals surface area contributed by atoms with Gasteiger partial charge in [-0.2, -0.15) is 0 Å². The lowest BCUT2D eigenvalue weighted by Crippen LogP contribution is -2.43. The Labute approximate surface area is 200 Å². The number of hydrogen-bond donors (Lipinski definition) is 1. The Bertz CT molecular complexity index is 1040. The fourth-order valence-electron chi connectivity index (χ4n) is 4.10. The maximum absolute atomic E-state index is 13.5. The normalized spacial score (nSPS) is 16.8. The molecule has 0 saturated carbocycles. The van der Waals surface area contributed by atoms with Gasteiger partial charge in [0.25, 0.3) is 11.8 Å². The summed E-state index contributed by atoms with van der Waals surface area (Å²) >= 11 is 0. The summed E-state index contributed by atoms with van der Waals surface area (Å²) in [6.07, 6.45) is 0. The van der Waals surface area contributed by atoms with Crippen molar-refractivity contribution in [1.82, 2.24) is 9.80 Å². The lowest BCUT2D eigenvalue weighted by Gasteiger charge is -2.28. The van der Waals surface area contributed by atoms with E-state index in [1.165, 1.54) is 4.90 Å². The van der Waals surface area contributed by atoms with Crippen molar-refractivity contribution in [2.75, 3.05) is 57.9 Å². The Morgan fingerprint density at radius 2 is 1.59 bits per heavy atom. The Balaban J connectivity index is 1.64. The lowest BCUT2D eigenvalue weighted by molar-refractivity contribution is -0.137. The maximum atomic E-state index is 13.5. The van der Waals surface area contributed by atoms with Crippen LogP contribution in [0.1, 0.15) is 19.4 Å². The fraction of sp³-hybridized carbons (Fsp3) is 0.385. The van der Waals surface area contributed by atoms with E-state index in [1.807, 2.05) is 62.4 Å². The average Bonchev–Trinajstić information content (AvgIpc) is 3.09. The molecule has 4 rings (SSSR count). The van der Waals surface area contributed by atoms with Gasteiger partial charge < -0.3 is 19.5 Å². The highest BCUT2D eigenvalue weighted by Crippen LogP contribution is 2.34. The van der Waals surface area contributed by atoms with E-state index in [4.69, 9.17) is 14.2 Å². The summed E-state index contributed by atoms with van der Waals surface area (Å²) < 4.78 is 16.7. The van der Waals surface area contributed by atoms with Gasteiger partial charge in [-0.05, 0) is 43.7 Å². The zero-order valence-electron chi connectivity index (χ0n) is 19.7. The minimum atomic E-state index is -0.339. The predicted molar refractivity (Wildman–Crippen MR) is 130 cm³/mol. The number of nitrogens with zero attached hydrogens (tertiary/aromatic N) is 2. The second-order valence-corrected chi connectivity index (χ2v) is 7.98. The van der Waals surface area contributed by atoms with Gasteiger partial charge >= 0.3 is 0 Å². The van der Waals surface area contributed by atoms with Gasteiger partial charge in [-0.3, -0.25) is 19.4 Å². The minimum Gasteiger partial charge on any atom is -0.494 e. The highest BCUT2D eigenvalue weighted by atomic mass is 16.5. The molecule has 2 aliphatic rings. The molecule has 8 nitrogen and oxygen atoms in total. The molecular formula is C26H31N3O5. The van der Waals surface area contributed by atoms with Crippen molar-refractivity contribution in [2.45, 2.75) is 13.8 Å². The standard InChI is InChI=1S/C26H31N3O5/c1-3-33-20-11-9-19(10-12-20)23-24(27-21-7-5-6-8-22(21)34-4-2)26(31)29(25(23)30)14-13-28-15-17-32-18-16-28/h5-12,27H,3-4,13-18H2,1-2H3. The second kappa shape index (κ2) is 11.2. The molecule has 2 heterocycles. The molecule has 34 heavy (non-hydrogen) atoms. The van der Waals surface area contributed by atoms with Crippen molar-refractivity contribution in [1.29, 1.82) is 0 Å². The summed E-state index contributed by atoms with van der Waals surface area (Å²) in [6.45, 7) is 8.70. The minimum absolute atomic E-state index is 0.253. The van der Waals surface area contributed by atoms with E-state index < -0.39 is 0 Å². The van der Waals surface area contributed by atoms with Gasteiger partial charge in [-0.25, -0.2) is 0 Å².